The summed E-state index contributed by atoms with van der Waals surface area (Å²) in [5, 5.41) is 3.22. The van der Waals surface area contributed by atoms with Gasteiger partial charge < -0.3 is 14.6 Å². The molecule has 0 aliphatic rings. The van der Waals surface area contributed by atoms with Crippen molar-refractivity contribution in [1.29, 1.82) is 0 Å². The Morgan fingerprint density at radius 1 is 1.40 bits per heavy atom. The van der Waals surface area contributed by atoms with Crippen molar-refractivity contribution in [2.24, 2.45) is 0 Å². The second-order valence-corrected chi connectivity index (χ2v) is 6.60. The maximum Gasteiger partial charge on any atom is 0.244 e. The number of methoxy groups -OCH3 is 1. The maximum absolute atomic E-state index is 12.4. The van der Waals surface area contributed by atoms with Gasteiger partial charge in [0.25, 0.3) is 0 Å². The third kappa shape index (κ3) is 4.05. The van der Waals surface area contributed by atoms with Gasteiger partial charge in [0.2, 0.25) is 10.0 Å². The fourth-order valence-corrected chi connectivity index (χ4v) is 3.10. The van der Waals surface area contributed by atoms with Crippen molar-refractivity contribution in [2.45, 2.75) is 31.8 Å². The van der Waals surface area contributed by atoms with Crippen molar-refractivity contribution in [3.05, 3.63) is 18.0 Å². The maximum atomic E-state index is 12.4. The molecule has 116 valence electrons. The van der Waals surface area contributed by atoms with Gasteiger partial charge in [-0.1, -0.05) is 6.92 Å². The Labute approximate surface area is 121 Å². The van der Waals surface area contributed by atoms with Crippen molar-refractivity contribution in [1.82, 2.24) is 14.2 Å². The molecule has 0 unspecified atom stereocenters. The van der Waals surface area contributed by atoms with Crippen LogP contribution in [0.3, 0.4) is 0 Å². The van der Waals surface area contributed by atoms with Gasteiger partial charge in [0, 0.05) is 45.7 Å². The second kappa shape index (κ2) is 7.78. The first-order valence-electron chi connectivity index (χ1n) is 6.82. The molecule has 0 aliphatic carbocycles. The van der Waals surface area contributed by atoms with Crippen molar-refractivity contribution < 1.29 is 13.2 Å². The predicted molar refractivity (Wildman–Crippen MR) is 79.2 cm³/mol. The van der Waals surface area contributed by atoms with Crippen LogP contribution in [0.2, 0.25) is 0 Å². The Morgan fingerprint density at radius 3 is 2.65 bits per heavy atom. The zero-order valence-electron chi connectivity index (χ0n) is 12.7. The number of aromatic nitrogens is 1. The molecule has 1 N–H and O–H groups in total. The van der Waals surface area contributed by atoms with E-state index >= 15 is 0 Å². The monoisotopic (exact) mass is 303 g/mol. The molecular weight excluding hydrogens is 278 g/mol. The van der Waals surface area contributed by atoms with E-state index < -0.39 is 10.0 Å². The molecule has 0 fully saturated rings. The third-order valence-corrected chi connectivity index (χ3v) is 5.00. The topological polar surface area (TPSA) is 63.6 Å². The van der Waals surface area contributed by atoms with Crippen LogP contribution in [0.25, 0.3) is 0 Å². The number of nitrogens with one attached hydrogen (secondary N) is 1. The summed E-state index contributed by atoms with van der Waals surface area (Å²) in [5.41, 5.74) is 0.980. The minimum atomic E-state index is -3.44. The van der Waals surface area contributed by atoms with Gasteiger partial charge in [-0.3, -0.25) is 0 Å². The Balaban J connectivity index is 2.97. The van der Waals surface area contributed by atoms with E-state index in [4.69, 9.17) is 4.74 Å². The lowest BCUT2D eigenvalue weighted by Crippen LogP contribution is -2.29. The standard InChI is InChI=1S/C13H25N3O3S/c1-5-14-10-12-9-13(11-16(12)6-2)20(17,18)15(3)7-8-19-4/h9,11,14H,5-8,10H2,1-4H3. The first-order chi connectivity index (χ1) is 9.47. The molecule has 1 aromatic rings. The number of rotatable bonds is 9. The Bertz CT molecular complexity index is 511. The summed E-state index contributed by atoms with van der Waals surface area (Å²) in [5.74, 6) is 0. The normalized spacial score (nSPS) is 12.2. The highest BCUT2D eigenvalue weighted by molar-refractivity contribution is 7.89. The van der Waals surface area contributed by atoms with E-state index in [1.165, 1.54) is 4.31 Å². The Kier molecular flexibility index (Phi) is 6.67. The fraction of sp³-hybridized carbons (Fsp3) is 0.692. The summed E-state index contributed by atoms with van der Waals surface area (Å²) in [7, 11) is -0.314. The minimum absolute atomic E-state index is 0.339. The molecule has 0 saturated heterocycles. The lowest BCUT2D eigenvalue weighted by atomic mass is 10.4. The number of likely N-dealkylation sites (N-methyl/N-ethyl adjacent to an activating group) is 1. The molecule has 0 amide bonds. The van der Waals surface area contributed by atoms with Crippen molar-refractivity contribution in [2.75, 3.05) is 33.9 Å². The third-order valence-electron chi connectivity index (χ3n) is 3.18. The summed E-state index contributed by atoms with van der Waals surface area (Å²) in [6.07, 6.45) is 1.70. The molecule has 1 aromatic heterocycles. The molecule has 0 bridgehead atoms. The number of aryl methyl sites for hydroxylation is 1. The number of ether oxygens (including phenoxy) is 1. The predicted octanol–water partition coefficient (Wildman–Crippen LogP) is 0.884. The van der Waals surface area contributed by atoms with Crippen LogP contribution in [0.15, 0.2) is 17.2 Å². The first-order valence-corrected chi connectivity index (χ1v) is 8.26. The van der Waals surface area contributed by atoms with Crippen LogP contribution in [0.4, 0.5) is 0 Å². The van der Waals surface area contributed by atoms with Crippen molar-refractivity contribution in [3.8, 4) is 0 Å². The van der Waals surface area contributed by atoms with Crippen LogP contribution in [0.1, 0.15) is 19.5 Å². The molecule has 0 aliphatic heterocycles. The van der Waals surface area contributed by atoms with Gasteiger partial charge in [-0.25, -0.2) is 8.42 Å². The smallest absolute Gasteiger partial charge is 0.244 e. The van der Waals surface area contributed by atoms with Crippen molar-refractivity contribution in [3.63, 3.8) is 0 Å². The van der Waals surface area contributed by atoms with E-state index in [1.807, 2.05) is 18.4 Å². The lowest BCUT2D eigenvalue weighted by molar-refractivity contribution is 0.185. The van der Waals surface area contributed by atoms with Crippen molar-refractivity contribution >= 4 is 10.0 Å². The number of hydrogen-bond donors (Lipinski definition) is 1. The van der Waals surface area contributed by atoms with E-state index in [2.05, 4.69) is 5.32 Å². The number of sulfonamides is 1. The zero-order chi connectivity index (χ0) is 15.2. The fourth-order valence-electron chi connectivity index (χ4n) is 1.88. The molecule has 0 radical (unpaired) electrons. The molecule has 1 heterocycles. The van der Waals surface area contributed by atoms with Gasteiger partial charge in [0.1, 0.15) is 4.90 Å². The lowest BCUT2D eigenvalue weighted by Gasteiger charge is -2.15. The largest absolute Gasteiger partial charge is 0.383 e. The van der Waals surface area contributed by atoms with Crippen LogP contribution >= 0.6 is 0 Å². The number of hydrogen-bond acceptors (Lipinski definition) is 4. The minimum Gasteiger partial charge on any atom is -0.383 e. The molecule has 0 spiro atoms. The molecule has 7 heteroatoms. The average molecular weight is 303 g/mol. The van der Waals surface area contributed by atoms with Crippen LogP contribution in [-0.4, -0.2) is 51.1 Å². The highest BCUT2D eigenvalue weighted by Crippen LogP contribution is 2.18. The summed E-state index contributed by atoms with van der Waals surface area (Å²) in [4.78, 5) is 0.339. The molecule has 20 heavy (non-hydrogen) atoms. The van der Waals surface area contributed by atoms with Gasteiger partial charge in [-0.15, -0.1) is 0 Å². The molecule has 0 atom stereocenters. The first kappa shape index (κ1) is 17.2. The van der Waals surface area contributed by atoms with Crippen LogP contribution in [0.5, 0.6) is 0 Å². The van der Waals surface area contributed by atoms with E-state index in [9.17, 15) is 8.42 Å². The second-order valence-electron chi connectivity index (χ2n) is 4.55. The van der Waals surface area contributed by atoms with E-state index in [-0.39, 0.29) is 0 Å². The highest BCUT2D eigenvalue weighted by atomic mass is 32.2. The summed E-state index contributed by atoms with van der Waals surface area (Å²) in [6.45, 7) is 7.02. The van der Waals surface area contributed by atoms with Gasteiger partial charge in [-0.2, -0.15) is 4.31 Å². The SMILES string of the molecule is CCNCc1cc(S(=O)(=O)N(C)CCOC)cn1CC. The average Bonchev–Trinajstić information content (AvgIpc) is 2.86. The molecular formula is C13H25N3O3S. The Morgan fingerprint density at radius 2 is 2.10 bits per heavy atom. The molecule has 0 saturated carbocycles. The number of nitrogens with zero attached hydrogens (tertiary/aromatic N) is 2. The van der Waals surface area contributed by atoms with Crippen LogP contribution in [-0.2, 0) is 27.8 Å². The van der Waals surface area contributed by atoms with Gasteiger partial charge >= 0.3 is 0 Å². The van der Waals surface area contributed by atoms with E-state index in [0.29, 0.717) is 24.6 Å². The summed E-state index contributed by atoms with van der Waals surface area (Å²) >= 11 is 0. The summed E-state index contributed by atoms with van der Waals surface area (Å²) in [6, 6.07) is 1.74. The molecule has 0 aromatic carbocycles. The van der Waals surface area contributed by atoms with E-state index in [0.717, 1.165) is 18.8 Å². The van der Waals surface area contributed by atoms with Crippen LogP contribution in [0, 0.1) is 0 Å². The summed E-state index contributed by atoms with van der Waals surface area (Å²) < 4.78 is 33.1. The zero-order valence-corrected chi connectivity index (χ0v) is 13.5. The van der Waals surface area contributed by atoms with Crippen LogP contribution < -0.4 is 5.32 Å². The van der Waals surface area contributed by atoms with E-state index in [1.54, 1.807) is 26.4 Å². The quantitative estimate of drug-likeness (QED) is 0.736. The molecule has 6 nitrogen and oxygen atoms in total. The molecule has 1 rings (SSSR count). The Hall–Kier alpha value is -0.890. The van der Waals surface area contributed by atoms with Gasteiger partial charge in [0.15, 0.2) is 0 Å². The van der Waals surface area contributed by atoms with Gasteiger partial charge in [0.05, 0.1) is 6.61 Å². The van der Waals surface area contributed by atoms with Gasteiger partial charge in [-0.05, 0) is 19.5 Å². The highest BCUT2D eigenvalue weighted by Gasteiger charge is 2.23.